The molecule has 0 aliphatic heterocycles. The van der Waals surface area contributed by atoms with Crippen molar-refractivity contribution in [1.82, 2.24) is 4.98 Å². The molecule has 0 saturated carbocycles. The zero-order valence-corrected chi connectivity index (χ0v) is 12.1. The molecule has 19 heavy (non-hydrogen) atoms. The molecule has 0 aromatic carbocycles. The largest absolute Gasteiger partial charge is 0.481 e. The Kier molecular flexibility index (Phi) is 4.76. The van der Waals surface area contributed by atoms with Crippen LogP contribution < -0.4 is 5.32 Å². The summed E-state index contributed by atoms with van der Waals surface area (Å²) >= 11 is 1.57. The van der Waals surface area contributed by atoms with Crippen molar-refractivity contribution in [2.45, 2.75) is 32.6 Å². The van der Waals surface area contributed by atoms with E-state index in [1.54, 1.807) is 11.3 Å². The molecule has 0 fully saturated rings. The third kappa shape index (κ3) is 3.67. The number of carbonyl (C=O) groups is 1. The van der Waals surface area contributed by atoms with Gasteiger partial charge in [-0.25, -0.2) is 4.98 Å². The average Bonchev–Trinajstić information content (AvgIpc) is 2.86. The first-order chi connectivity index (χ1) is 9.08. The highest BCUT2D eigenvalue weighted by Crippen LogP contribution is 2.38. The van der Waals surface area contributed by atoms with E-state index in [4.69, 9.17) is 9.84 Å². The van der Waals surface area contributed by atoms with Gasteiger partial charge in [-0.3, -0.25) is 4.79 Å². The van der Waals surface area contributed by atoms with Crippen LogP contribution in [0.5, 0.6) is 0 Å². The fourth-order valence-corrected chi connectivity index (χ4v) is 3.16. The number of thiazole rings is 1. The summed E-state index contributed by atoms with van der Waals surface area (Å²) in [5.74, 6) is -0.644. The Bertz CT molecular complexity index is 445. The van der Waals surface area contributed by atoms with Crippen LogP contribution >= 0.6 is 11.3 Å². The molecule has 0 radical (unpaired) electrons. The Morgan fingerprint density at radius 1 is 1.63 bits per heavy atom. The van der Waals surface area contributed by atoms with E-state index < -0.39 is 11.9 Å². The van der Waals surface area contributed by atoms with Crippen molar-refractivity contribution in [3.63, 3.8) is 0 Å². The summed E-state index contributed by atoms with van der Waals surface area (Å²) in [7, 11) is 0. The normalized spacial score (nSPS) is 17.7. The number of aromatic nitrogens is 1. The number of anilines is 1. The quantitative estimate of drug-likeness (QED) is 0.752. The molecular formula is C13H20N2O3S. The molecule has 1 aromatic rings. The van der Waals surface area contributed by atoms with E-state index in [2.05, 4.69) is 24.1 Å². The molecule has 1 aliphatic rings. The minimum atomic E-state index is -0.768. The fourth-order valence-electron chi connectivity index (χ4n) is 2.09. The van der Waals surface area contributed by atoms with Crippen molar-refractivity contribution in [3.05, 3.63) is 10.6 Å². The maximum Gasteiger partial charge on any atom is 0.312 e. The first-order valence-electron chi connectivity index (χ1n) is 6.62. The van der Waals surface area contributed by atoms with Crippen LogP contribution in [0.4, 0.5) is 5.13 Å². The van der Waals surface area contributed by atoms with Gasteiger partial charge in [-0.15, -0.1) is 11.3 Å². The van der Waals surface area contributed by atoms with Crippen molar-refractivity contribution in [1.29, 1.82) is 0 Å². The Balaban J connectivity index is 1.80. The monoisotopic (exact) mass is 284 g/mol. The van der Waals surface area contributed by atoms with Gasteiger partial charge in [0.15, 0.2) is 5.13 Å². The molecule has 0 spiro atoms. The van der Waals surface area contributed by atoms with E-state index >= 15 is 0 Å². The van der Waals surface area contributed by atoms with Crippen LogP contribution in [-0.4, -0.2) is 35.8 Å². The average molecular weight is 284 g/mol. The molecule has 1 unspecified atom stereocenters. The van der Waals surface area contributed by atoms with Crippen LogP contribution in [0.15, 0.2) is 0 Å². The van der Waals surface area contributed by atoms with Gasteiger partial charge < -0.3 is 15.2 Å². The van der Waals surface area contributed by atoms with Crippen molar-refractivity contribution >= 4 is 22.4 Å². The molecule has 0 amide bonds. The second-order valence-electron chi connectivity index (χ2n) is 5.15. The standard InChI is InChI=1S/C13H20N2O3S/c1-8(2)7-18-6-5-14-13-15-11-9(12(16)17)3-4-10(11)19-13/h8-9H,3-7H2,1-2H3,(H,14,15)(H,16,17). The molecule has 1 aromatic heterocycles. The van der Waals surface area contributed by atoms with Crippen LogP contribution in [0.2, 0.25) is 0 Å². The van der Waals surface area contributed by atoms with Gasteiger partial charge in [0.05, 0.1) is 12.3 Å². The second-order valence-corrected chi connectivity index (χ2v) is 6.24. The molecular weight excluding hydrogens is 264 g/mol. The number of rotatable bonds is 7. The molecule has 1 aliphatic carbocycles. The lowest BCUT2D eigenvalue weighted by Crippen LogP contribution is -2.12. The van der Waals surface area contributed by atoms with Gasteiger partial charge >= 0.3 is 5.97 Å². The second kappa shape index (κ2) is 6.34. The number of fused-ring (bicyclic) bond motifs is 1. The number of hydrogen-bond acceptors (Lipinski definition) is 5. The van der Waals surface area contributed by atoms with Gasteiger partial charge in [-0.05, 0) is 18.8 Å². The topological polar surface area (TPSA) is 71.5 Å². The first kappa shape index (κ1) is 14.3. The van der Waals surface area contributed by atoms with E-state index in [0.29, 0.717) is 25.5 Å². The molecule has 2 rings (SSSR count). The van der Waals surface area contributed by atoms with Crippen LogP contribution in [0, 0.1) is 5.92 Å². The van der Waals surface area contributed by atoms with Crippen molar-refractivity contribution in [2.24, 2.45) is 5.92 Å². The van der Waals surface area contributed by atoms with Gasteiger partial charge in [0.2, 0.25) is 0 Å². The number of carboxylic acids is 1. The van der Waals surface area contributed by atoms with E-state index in [-0.39, 0.29) is 0 Å². The summed E-state index contributed by atoms with van der Waals surface area (Å²) in [5, 5.41) is 13.1. The Morgan fingerprint density at radius 3 is 3.11 bits per heavy atom. The predicted octanol–water partition coefficient (Wildman–Crippen LogP) is 2.34. The SMILES string of the molecule is CC(C)COCCNc1nc2c(s1)CCC2C(=O)O. The number of aliphatic carboxylic acids is 1. The summed E-state index contributed by atoms with van der Waals surface area (Å²) in [5.41, 5.74) is 0.753. The maximum atomic E-state index is 11.1. The van der Waals surface area contributed by atoms with E-state index in [1.165, 1.54) is 0 Å². The molecule has 5 nitrogen and oxygen atoms in total. The summed E-state index contributed by atoms with van der Waals surface area (Å²) in [4.78, 5) is 16.6. The lowest BCUT2D eigenvalue weighted by atomic mass is 10.1. The molecule has 0 saturated heterocycles. The highest BCUT2D eigenvalue weighted by Gasteiger charge is 2.32. The van der Waals surface area contributed by atoms with E-state index in [1.807, 2.05) is 0 Å². The minimum Gasteiger partial charge on any atom is -0.481 e. The number of ether oxygens (including phenoxy) is 1. The highest BCUT2D eigenvalue weighted by atomic mass is 32.1. The molecule has 0 bridgehead atoms. The zero-order chi connectivity index (χ0) is 13.8. The molecule has 6 heteroatoms. The van der Waals surface area contributed by atoms with Crippen LogP contribution in [-0.2, 0) is 16.0 Å². The zero-order valence-electron chi connectivity index (χ0n) is 11.3. The summed E-state index contributed by atoms with van der Waals surface area (Å²) in [6.07, 6.45) is 1.51. The number of carboxylic acid groups (broad SMARTS) is 1. The number of nitrogens with one attached hydrogen (secondary N) is 1. The van der Waals surface area contributed by atoms with Gasteiger partial charge in [-0.2, -0.15) is 0 Å². The summed E-state index contributed by atoms with van der Waals surface area (Å²) in [6, 6.07) is 0. The number of nitrogens with zero attached hydrogens (tertiary/aromatic N) is 1. The van der Waals surface area contributed by atoms with Crippen LogP contribution in [0.25, 0.3) is 0 Å². The van der Waals surface area contributed by atoms with Crippen molar-refractivity contribution in [3.8, 4) is 0 Å². The fraction of sp³-hybridized carbons (Fsp3) is 0.692. The molecule has 1 heterocycles. The minimum absolute atomic E-state index is 0.418. The van der Waals surface area contributed by atoms with Gasteiger partial charge in [-0.1, -0.05) is 13.8 Å². The Labute approximate surface area is 117 Å². The summed E-state index contributed by atoms with van der Waals surface area (Å²) < 4.78 is 5.47. The Hall–Kier alpha value is -1.14. The molecule has 1 atom stereocenters. The Morgan fingerprint density at radius 2 is 2.42 bits per heavy atom. The molecule has 2 N–H and O–H groups in total. The maximum absolute atomic E-state index is 11.1. The van der Waals surface area contributed by atoms with Crippen LogP contribution in [0.3, 0.4) is 0 Å². The first-order valence-corrected chi connectivity index (χ1v) is 7.43. The lowest BCUT2D eigenvalue weighted by molar-refractivity contribution is -0.138. The lowest BCUT2D eigenvalue weighted by Gasteiger charge is -2.07. The smallest absolute Gasteiger partial charge is 0.312 e. The highest BCUT2D eigenvalue weighted by molar-refractivity contribution is 7.15. The van der Waals surface area contributed by atoms with Crippen molar-refractivity contribution in [2.75, 3.05) is 25.1 Å². The van der Waals surface area contributed by atoms with Crippen LogP contribution in [0.1, 0.15) is 36.8 Å². The third-order valence-corrected chi connectivity index (χ3v) is 4.08. The third-order valence-electron chi connectivity index (χ3n) is 2.99. The number of aryl methyl sites for hydroxylation is 1. The van der Waals surface area contributed by atoms with E-state index in [9.17, 15) is 4.79 Å². The van der Waals surface area contributed by atoms with E-state index in [0.717, 1.165) is 28.7 Å². The van der Waals surface area contributed by atoms with Crippen molar-refractivity contribution < 1.29 is 14.6 Å². The molecule has 106 valence electrons. The number of hydrogen-bond donors (Lipinski definition) is 2. The summed E-state index contributed by atoms with van der Waals surface area (Å²) in [6.45, 7) is 6.34. The van der Waals surface area contributed by atoms with Gasteiger partial charge in [0, 0.05) is 18.0 Å². The predicted molar refractivity (Wildman–Crippen MR) is 75.0 cm³/mol. The van der Waals surface area contributed by atoms with Gasteiger partial charge in [0.25, 0.3) is 0 Å². The van der Waals surface area contributed by atoms with Gasteiger partial charge in [0.1, 0.15) is 5.92 Å².